The van der Waals surface area contributed by atoms with Crippen LogP contribution in [0.25, 0.3) is 0 Å². The van der Waals surface area contributed by atoms with E-state index >= 15 is 0 Å². The second kappa shape index (κ2) is 10.4. The van der Waals surface area contributed by atoms with Gasteiger partial charge in [0.2, 0.25) is 0 Å². The number of unbranched alkanes of at least 4 members (excludes halogenated alkanes) is 5. The lowest BCUT2D eigenvalue weighted by atomic mass is 10.1. The monoisotopic (exact) mass is 250 g/mol. The van der Waals surface area contributed by atoms with Gasteiger partial charge >= 0.3 is 0 Å². The van der Waals surface area contributed by atoms with Crippen LogP contribution in [-0.4, -0.2) is 12.2 Å². The lowest BCUT2D eigenvalue weighted by molar-refractivity contribution is 0.367. The topological polar surface area (TPSA) is 12.5 Å². The van der Waals surface area contributed by atoms with Gasteiger partial charge in [0, 0.05) is 0 Å². The minimum atomic E-state index is 0.522. The molecule has 1 fully saturated rings. The number of rotatable bonds is 11. The molecule has 0 aromatic rings. The van der Waals surface area contributed by atoms with Crippen molar-refractivity contribution < 1.29 is 4.74 Å². The number of hydrogen-bond donors (Lipinski definition) is 0. The van der Waals surface area contributed by atoms with Gasteiger partial charge in [-0.15, -0.1) is 0 Å². The molecule has 1 aliphatic heterocycles. The molecule has 0 bridgehead atoms. The molecule has 0 aliphatic carbocycles. The molecule has 0 aromatic heterocycles. The van der Waals surface area contributed by atoms with Gasteiger partial charge in [-0.3, -0.25) is 0 Å². The summed E-state index contributed by atoms with van der Waals surface area (Å²) in [6.07, 6.45) is 21.7. The van der Waals surface area contributed by atoms with Crippen LogP contribution in [0.15, 0.2) is 24.3 Å². The van der Waals surface area contributed by atoms with Gasteiger partial charge in [0.1, 0.15) is 0 Å². The van der Waals surface area contributed by atoms with E-state index in [-0.39, 0.29) is 0 Å². The zero-order chi connectivity index (χ0) is 13.1. The molecule has 0 radical (unpaired) electrons. The Morgan fingerprint density at radius 1 is 0.833 bits per heavy atom. The standard InChI is InChI=1S/C17H30O/c1-3-5-6-7-8-9-10-11-12-13-14-15-17-16(4-2)18-17/h10-11,13-14,16-17H,3-9,12,15H2,1-2H3/b11-10+,14-13+/t16-,17-/m1/s1. The average molecular weight is 250 g/mol. The van der Waals surface area contributed by atoms with Crippen molar-refractivity contribution in [2.75, 3.05) is 0 Å². The second-order valence-electron chi connectivity index (χ2n) is 5.24. The number of ether oxygens (including phenoxy) is 1. The number of allylic oxidation sites excluding steroid dienone is 3. The van der Waals surface area contributed by atoms with Crippen LogP contribution in [0.4, 0.5) is 0 Å². The summed E-state index contributed by atoms with van der Waals surface area (Å²) in [6.45, 7) is 4.46. The van der Waals surface area contributed by atoms with Crippen molar-refractivity contribution in [2.24, 2.45) is 0 Å². The molecular formula is C17H30O. The molecule has 1 saturated heterocycles. The Labute approximate surface area is 113 Å². The molecule has 2 atom stereocenters. The minimum Gasteiger partial charge on any atom is -0.369 e. The fraction of sp³-hybridized carbons (Fsp3) is 0.765. The third-order valence-corrected chi connectivity index (χ3v) is 3.54. The van der Waals surface area contributed by atoms with Crippen molar-refractivity contribution in [3.63, 3.8) is 0 Å². The molecule has 1 nitrogen and oxygen atoms in total. The fourth-order valence-electron chi connectivity index (χ4n) is 2.23. The van der Waals surface area contributed by atoms with E-state index in [1.165, 1.54) is 38.5 Å². The lowest BCUT2D eigenvalue weighted by Crippen LogP contribution is -1.88. The van der Waals surface area contributed by atoms with Crippen LogP contribution in [0, 0.1) is 0 Å². The van der Waals surface area contributed by atoms with Crippen molar-refractivity contribution in [3.05, 3.63) is 24.3 Å². The first-order chi connectivity index (χ1) is 8.88. The lowest BCUT2D eigenvalue weighted by Gasteiger charge is -1.95. The van der Waals surface area contributed by atoms with Gasteiger partial charge in [0.15, 0.2) is 0 Å². The highest BCUT2D eigenvalue weighted by molar-refractivity contribution is 4.97. The highest BCUT2D eigenvalue weighted by Gasteiger charge is 2.35. The Hall–Kier alpha value is -0.560. The minimum absolute atomic E-state index is 0.522. The Morgan fingerprint density at radius 2 is 1.61 bits per heavy atom. The highest BCUT2D eigenvalue weighted by atomic mass is 16.6. The van der Waals surface area contributed by atoms with Gasteiger partial charge in [-0.05, 0) is 32.1 Å². The smallest absolute Gasteiger partial charge is 0.0876 e. The molecule has 1 aliphatic rings. The summed E-state index contributed by atoms with van der Waals surface area (Å²) in [4.78, 5) is 0. The first kappa shape index (κ1) is 15.5. The predicted octanol–water partition coefficient (Wildman–Crippen LogP) is 5.42. The Bertz CT molecular complexity index is 242. The van der Waals surface area contributed by atoms with Gasteiger partial charge in [0.05, 0.1) is 12.2 Å². The summed E-state index contributed by atoms with van der Waals surface area (Å²) < 4.78 is 5.49. The van der Waals surface area contributed by atoms with E-state index < -0.39 is 0 Å². The van der Waals surface area contributed by atoms with Crippen LogP contribution in [0.2, 0.25) is 0 Å². The maximum absolute atomic E-state index is 5.49. The maximum Gasteiger partial charge on any atom is 0.0876 e. The molecule has 0 spiro atoms. The molecule has 0 amide bonds. The SMILES string of the molecule is CCCCCCC/C=C/C/C=C/C[C@H]1O[C@@H]1CC. The third-order valence-electron chi connectivity index (χ3n) is 3.54. The van der Waals surface area contributed by atoms with Crippen molar-refractivity contribution in [1.29, 1.82) is 0 Å². The zero-order valence-corrected chi connectivity index (χ0v) is 12.2. The number of epoxide rings is 1. The van der Waals surface area contributed by atoms with Crippen molar-refractivity contribution >= 4 is 0 Å². The molecule has 18 heavy (non-hydrogen) atoms. The second-order valence-corrected chi connectivity index (χ2v) is 5.24. The Balaban J connectivity index is 1.83. The summed E-state index contributed by atoms with van der Waals surface area (Å²) in [7, 11) is 0. The molecule has 1 heteroatoms. The molecule has 1 rings (SSSR count). The third kappa shape index (κ3) is 7.71. The number of hydrogen-bond acceptors (Lipinski definition) is 1. The summed E-state index contributed by atoms with van der Waals surface area (Å²) in [5, 5.41) is 0. The van der Waals surface area contributed by atoms with E-state index in [0.717, 1.165) is 19.3 Å². The Morgan fingerprint density at radius 3 is 2.33 bits per heavy atom. The van der Waals surface area contributed by atoms with E-state index in [9.17, 15) is 0 Å². The molecule has 0 aromatic carbocycles. The maximum atomic E-state index is 5.49. The first-order valence-electron chi connectivity index (χ1n) is 7.84. The van der Waals surface area contributed by atoms with Gasteiger partial charge in [-0.1, -0.05) is 63.8 Å². The summed E-state index contributed by atoms with van der Waals surface area (Å²) >= 11 is 0. The molecular weight excluding hydrogens is 220 g/mol. The quantitative estimate of drug-likeness (QED) is 0.271. The predicted molar refractivity (Wildman–Crippen MR) is 79.8 cm³/mol. The molecule has 0 saturated carbocycles. The molecule has 0 unspecified atom stereocenters. The van der Waals surface area contributed by atoms with Gasteiger partial charge in [0.25, 0.3) is 0 Å². The van der Waals surface area contributed by atoms with Gasteiger partial charge in [-0.25, -0.2) is 0 Å². The van der Waals surface area contributed by atoms with Gasteiger partial charge < -0.3 is 4.74 Å². The van der Waals surface area contributed by atoms with E-state index in [2.05, 4.69) is 38.2 Å². The van der Waals surface area contributed by atoms with E-state index in [4.69, 9.17) is 4.74 Å². The van der Waals surface area contributed by atoms with Crippen LogP contribution in [-0.2, 0) is 4.74 Å². The fourth-order valence-corrected chi connectivity index (χ4v) is 2.23. The van der Waals surface area contributed by atoms with E-state index in [1.807, 2.05) is 0 Å². The van der Waals surface area contributed by atoms with E-state index in [0.29, 0.717) is 12.2 Å². The summed E-state index contributed by atoms with van der Waals surface area (Å²) in [5.41, 5.74) is 0. The van der Waals surface area contributed by atoms with Crippen LogP contribution in [0.3, 0.4) is 0 Å². The van der Waals surface area contributed by atoms with Crippen molar-refractivity contribution in [1.82, 2.24) is 0 Å². The summed E-state index contributed by atoms with van der Waals surface area (Å²) in [5.74, 6) is 0. The Kier molecular flexibility index (Phi) is 8.93. The molecule has 104 valence electrons. The van der Waals surface area contributed by atoms with Crippen molar-refractivity contribution in [3.8, 4) is 0 Å². The highest BCUT2D eigenvalue weighted by Crippen LogP contribution is 2.28. The zero-order valence-electron chi connectivity index (χ0n) is 12.2. The molecule has 0 N–H and O–H groups in total. The molecule has 1 heterocycles. The van der Waals surface area contributed by atoms with Crippen LogP contribution >= 0.6 is 0 Å². The van der Waals surface area contributed by atoms with E-state index in [1.54, 1.807) is 0 Å². The first-order valence-corrected chi connectivity index (χ1v) is 7.84. The largest absolute Gasteiger partial charge is 0.369 e. The van der Waals surface area contributed by atoms with Crippen LogP contribution in [0.1, 0.15) is 71.6 Å². The van der Waals surface area contributed by atoms with Gasteiger partial charge in [-0.2, -0.15) is 0 Å². The normalized spacial score (nSPS) is 23.2. The average Bonchev–Trinajstić information content (AvgIpc) is 3.14. The van der Waals surface area contributed by atoms with Crippen LogP contribution < -0.4 is 0 Å². The van der Waals surface area contributed by atoms with Crippen molar-refractivity contribution in [2.45, 2.75) is 83.8 Å². The van der Waals surface area contributed by atoms with Crippen LogP contribution in [0.5, 0.6) is 0 Å². The summed E-state index contributed by atoms with van der Waals surface area (Å²) in [6, 6.07) is 0.